The Morgan fingerprint density at radius 2 is 1.98 bits per heavy atom. The first-order valence-electron chi connectivity index (χ1n) is 14.4. The van der Waals surface area contributed by atoms with Gasteiger partial charge in [0.05, 0.1) is 11.3 Å². The van der Waals surface area contributed by atoms with Gasteiger partial charge in [-0.25, -0.2) is 13.6 Å². The van der Waals surface area contributed by atoms with Gasteiger partial charge in [-0.15, -0.1) is 11.8 Å². The number of hydrogen-bond acceptors (Lipinski definition) is 6. The van der Waals surface area contributed by atoms with Crippen LogP contribution in [0.15, 0.2) is 45.8 Å². The molecule has 1 aliphatic heterocycles. The Kier molecular flexibility index (Phi) is 5.79. The summed E-state index contributed by atoms with van der Waals surface area (Å²) in [4.78, 5) is 12.1. The number of ether oxygens (including phenoxy) is 1. The zero-order valence-corrected chi connectivity index (χ0v) is 23.5. The molecule has 2 heterocycles. The minimum absolute atomic E-state index is 0.0351. The highest BCUT2D eigenvalue weighted by Gasteiger charge is 2.82. The van der Waals surface area contributed by atoms with Gasteiger partial charge >= 0.3 is 12.3 Å². The molecule has 4 fully saturated rings. The minimum atomic E-state index is -4.66. The van der Waals surface area contributed by atoms with Crippen molar-refractivity contribution in [1.29, 1.82) is 0 Å². The van der Waals surface area contributed by atoms with Crippen molar-refractivity contribution in [1.82, 2.24) is 5.16 Å². The first-order chi connectivity index (χ1) is 20.5. The van der Waals surface area contributed by atoms with Crippen LogP contribution in [-0.4, -0.2) is 40.1 Å². The molecule has 2 N–H and O–H groups in total. The fourth-order valence-electron chi connectivity index (χ4n) is 8.03. The SMILES string of the molecule is O=C(O)c1cc(F)c2c(c1)SC(C1C3CC(F)(COc4c(-c5ccccc5NC(F)(F)F)noc4C4CC4)CC4CC431)C2. The summed E-state index contributed by atoms with van der Waals surface area (Å²) in [5.41, 5.74) is -1.04. The van der Waals surface area contributed by atoms with Crippen LogP contribution >= 0.6 is 11.8 Å². The van der Waals surface area contributed by atoms with E-state index in [1.807, 2.05) is 0 Å². The lowest BCUT2D eigenvalue weighted by Crippen LogP contribution is -2.35. The topological polar surface area (TPSA) is 84.6 Å². The second-order valence-electron chi connectivity index (χ2n) is 12.8. The fourth-order valence-corrected chi connectivity index (χ4v) is 9.72. The van der Waals surface area contributed by atoms with E-state index in [2.05, 4.69) is 5.16 Å². The van der Waals surface area contributed by atoms with Crippen LogP contribution in [0.5, 0.6) is 5.75 Å². The van der Waals surface area contributed by atoms with Crippen molar-refractivity contribution in [3.8, 4) is 17.0 Å². The number of hydrogen-bond donors (Lipinski definition) is 2. The Morgan fingerprint density at radius 3 is 2.72 bits per heavy atom. The van der Waals surface area contributed by atoms with Crippen LogP contribution in [-0.2, 0) is 6.42 Å². The number of rotatable bonds is 8. The average molecular weight is 619 g/mol. The highest BCUT2D eigenvalue weighted by molar-refractivity contribution is 8.00. The van der Waals surface area contributed by atoms with E-state index in [-0.39, 0.29) is 75.6 Å². The predicted molar refractivity (Wildman–Crippen MR) is 146 cm³/mol. The predicted octanol–water partition coefficient (Wildman–Crippen LogP) is 7.84. The number of thioether (sulfide) groups is 1. The molecule has 3 aromatic rings. The molecule has 5 aliphatic rings. The number of anilines is 1. The van der Waals surface area contributed by atoms with E-state index in [1.54, 1.807) is 11.4 Å². The van der Waals surface area contributed by atoms with Crippen molar-refractivity contribution in [2.45, 2.75) is 66.6 Å². The number of carbonyl (C=O) groups is 1. The molecular weight excluding hydrogens is 591 g/mol. The van der Waals surface area contributed by atoms with Crippen LogP contribution in [0.2, 0.25) is 0 Å². The van der Waals surface area contributed by atoms with E-state index in [0.29, 0.717) is 29.1 Å². The molecule has 43 heavy (non-hydrogen) atoms. The van der Waals surface area contributed by atoms with Crippen LogP contribution in [0.3, 0.4) is 0 Å². The number of carboxylic acids is 1. The van der Waals surface area contributed by atoms with Gasteiger partial charge in [0.15, 0.2) is 17.2 Å². The van der Waals surface area contributed by atoms with Gasteiger partial charge in [0, 0.05) is 27.2 Å². The van der Waals surface area contributed by atoms with Crippen LogP contribution in [0.25, 0.3) is 11.3 Å². The van der Waals surface area contributed by atoms with E-state index < -0.39 is 23.8 Å². The quantitative estimate of drug-likeness (QED) is 0.197. The largest absolute Gasteiger partial charge is 0.484 e. The van der Waals surface area contributed by atoms with E-state index in [1.165, 1.54) is 36.0 Å². The summed E-state index contributed by atoms with van der Waals surface area (Å²) in [5.74, 6) is -0.483. The molecule has 6 atom stereocenters. The maximum Gasteiger partial charge on any atom is 0.482 e. The van der Waals surface area contributed by atoms with Crippen LogP contribution in [0.1, 0.15) is 59.7 Å². The highest BCUT2D eigenvalue weighted by Crippen LogP contribution is 2.86. The fraction of sp³-hybridized carbons (Fsp3) is 0.484. The number of aromatic nitrogens is 1. The third-order valence-corrected chi connectivity index (χ3v) is 11.5. The van der Waals surface area contributed by atoms with Gasteiger partial charge in [-0.2, -0.15) is 13.2 Å². The van der Waals surface area contributed by atoms with E-state index in [9.17, 15) is 27.5 Å². The Morgan fingerprint density at radius 1 is 1.19 bits per heavy atom. The summed E-state index contributed by atoms with van der Waals surface area (Å²) >= 11 is 1.51. The molecule has 4 saturated carbocycles. The zero-order chi connectivity index (χ0) is 29.9. The molecule has 226 valence electrons. The van der Waals surface area contributed by atoms with Crippen molar-refractivity contribution >= 4 is 23.4 Å². The number of nitrogens with zero attached hydrogens (tertiary/aromatic N) is 1. The maximum atomic E-state index is 16.6. The molecule has 12 heteroatoms. The third-order valence-electron chi connectivity index (χ3n) is 10.1. The second-order valence-corrected chi connectivity index (χ2v) is 14.0. The second kappa shape index (κ2) is 9.12. The van der Waals surface area contributed by atoms with Gasteiger partial charge in [0.25, 0.3) is 0 Å². The normalized spacial score (nSPS) is 32.0. The maximum absolute atomic E-state index is 16.6. The first kappa shape index (κ1) is 27.3. The zero-order valence-electron chi connectivity index (χ0n) is 22.7. The number of para-hydroxylation sites is 1. The summed E-state index contributed by atoms with van der Waals surface area (Å²) < 4.78 is 82.6. The standard InChI is InChI=1S/C31H27F5N2O4S/c32-20-7-15(28(39)40)8-22-18(20)9-23(43-22)24-19-12-29(33,10-16-11-30(16,19)24)13-41-27-25(38-42-26(27)14-5-6-14)17-3-1-2-4-21(17)37-31(34,35)36/h1-4,7-8,14,16,19,23-24,37H,5-6,9-13H2,(H,39,40). The molecule has 8 rings (SSSR count). The smallest absolute Gasteiger partial charge is 0.482 e. The Labute approximate surface area is 247 Å². The molecule has 2 aromatic carbocycles. The third kappa shape index (κ3) is 4.50. The van der Waals surface area contributed by atoms with Gasteiger partial charge in [0.2, 0.25) is 0 Å². The first-order valence-corrected chi connectivity index (χ1v) is 15.3. The molecule has 0 bridgehead atoms. The summed E-state index contributed by atoms with van der Waals surface area (Å²) in [7, 11) is 0. The highest BCUT2D eigenvalue weighted by atomic mass is 32.2. The number of fused-ring (bicyclic) bond motifs is 1. The van der Waals surface area contributed by atoms with Gasteiger partial charge < -0.3 is 14.4 Å². The van der Waals surface area contributed by atoms with E-state index in [0.717, 1.165) is 25.3 Å². The lowest BCUT2D eigenvalue weighted by atomic mass is 9.87. The van der Waals surface area contributed by atoms with Crippen LogP contribution in [0, 0.1) is 29.0 Å². The van der Waals surface area contributed by atoms with Gasteiger partial charge in [-0.05, 0) is 79.9 Å². The average Bonchev–Trinajstić information content (AvgIpc) is 3.88. The van der Waals surface area contributed by atoms with Gasteiger partial charge in [0.1, 0.15) is 18.1 Å². The van der Waals surface area contributed by atoms with Crippen molar-refractivity contribution in [3.05, 3.63) is 59.1 Å². The summed E-state index contributed by atoms with van der Waals surface area (Å²) in [5, 5.41) is 15.0. The number of nitrogens with one attached hydrogen (secondary N) is 1. The summed E-state index contributed by atoms with van der Waals surface area (Å²) in [6.45, 7) is -0.264. The van der Waals surface area contributed by atoms with Crippen LogP contribution in [0.4, 0.5) is 27.6 Å². The molecule has 6 nitrogen and oxygen atoms in total. The number of halogens is 5. The van der Waals surface area contributed by atoms with Crippen molar-refractivity contribution in [2.24, 2.45) is 23.2 Å². The molecule has 6 unspecified atom stereocenters. The van der Waals surface area contributed by atoms with E-state index in [4.69, 9.17) is 9.26 Å². The number of carboxylic acid groups (broad SMARTS) is 1. The lowest BCUT2D eigenvalue weighted by molar-refractivity contribution is -0.0999. The minimum Gasteiger partial charge on any atom is -0.484 e. The Hall–Kier alpha value is -3.28. The molecule has 1 aromatic heterocycles. The number of alkyl halides is 4. The molecule has 0 saturated heterocycles. The molecule has 0 radical (unpaired) electrons. The molecule has 0 amide bonds. The number of benzene rings is 2. The van der Waals surface area contributed by atoms with Crippen molar-refractivity contribution in [2.75, 3.05) is 11.9 Å². The van der Waals surface area contributed by atoms with Crippen molar-refractivity contribution < 1.29 is 41.1 Å². The Bertz CT molecular complexity index is 1660. The van der Waals surface area contributed by atoms with E-state index >= 15 is 4.39 Å². The monoisotopic (exact) mass is 618 g/mol. The Balaban J connectivity index is 1.01. The molecular formula is C31H27F5N2O4S. The van der Waals surface area contributed by atoms with Crippen molar-refractivity contribution in [3.63, 3.8) is 0 Å². The molecule has 4 aliphatic carbocycles. The summed E-state index contributed by atoms with van der Waals surface area (Å²) in [6.07, 6.45) is -0.976. The lowest BCUT2D eigenvalue weighted by Gasteiger charge is -2.28. The number of aromatic carboxylic acids is 1. The summed E-state index contributed by atoms with van der Waals surface area (Å²) in [6, 6.07) is 8.46. The van der Waals surface area contributed by atoms with Crippen LogP contribution < -0.4 is 10.1 Å². The van der Waals surface area contributed by atoms with Gasteiger partial charge in [-0.1, -0.05) is 23.4 Å². The molecule has 1 spiro atoms. The van der Waals surface area contributed by atoms with Gasteiger partial charge in [-0.3, -0.25) is 5.32 Å².